The molecule has 0 aliphatic rings. The molecule has 22 heteroatoms. The number of primary amides is 1. The van der Waals surface area contributed by atoms with Gasteiger partial charge in [-0.05, 0) is 84.3 Å². The van der Waals surface area contributed by atoms with Gasteiger partial charge in [-0.1, -0.05) is 80.6 Å². The molecule has 0 bridgehead atoms. The number of unbranched alkanes of at least 4 members (excludes halogenated alkanes) is 1. The van der Waals surface area contributed by atoms with Gasteiger partial charge < -0.3 is 74.3 Å². The Hall–Kier alpha value is -9.02. The van der Waals surface area contributed by atoms with Crippen LogP contribution in [0.4, 0.5) is 0 Å². The fourth-order valence-corrected chi connectivity index (χ4v) is 9.47. The largest absolute Gasteiger partial charge is 0.508 e. The smallest absolute Gasteiger partial charge is 0.305 e. The van der Waals surface area contributed by atoms with Crippen LogP contribution in [0, 0.1) is 5.92 Å². The fourth-order valence-electron chi connectivity index (χ4n) is 9.47. The molecule has 0 aliphatic carbocycles. The SMILES string of the molecule is CC(C)[C@H](NC(=O)[C@H](Cc1c[nH]c2ccccc12)NC(=O)[C@H](Cc1ccc(O)cc1)NC(=O)[C@@H](N)CC(=O)O)C(=O)N[C@H](Cc1c[nH]c2ccccc12)C(=O)N[C@@H](Cc1c[nH]c2ccccc12)C(=O)N[C@@H](CCCCN)C(N)=O. The molecule has 0 fully saturated rings. The van der Waals surface area contributed by atoms with Crippen molar-refractivity contribution >= 4 is 80.0 Å². The average molecular weight is 1080 g/mol. The number of nitrogens with two attached hydrogens (primary N) is 3. The lowest BCUT2D eigenvalue weighted by Crippen LogP contribution is -2.61. The molecule has 22 nitrogen and oxygen atoms in total. The summed E-state index contributed by atoms with van der Waals surface area (Å²) < 4.78 is 0. The zero-order chi connectivity index (χ0) is 56.8. The first-order valence-electron chi connectivity index (χ1n) is 26.1. The number of aromatic nitrogens is 3. The molecule has 0 aliphatic heterocycles. The van der Waals surface area contributed by atoms with Gasteiger partial charge in [-0.3, -0.25) is 38.4 Å². The van der Waals surface area contributed by atoms with Crippen LogP contribution in [-0.4, -0.2) is 121 Å². The van der Waals surface area contributed by atoms with Crippen LogP contribution in [0.1, 0.15) is 61.8 Å². The lowest BCUT2D eigenvalue weighted by Gasteiger charge is -2.29. The highest BCUT2D eigenvalue weighted by Gasteiger charge is 2.36. The Labute approximate surface area is 454 Å². The van der Waals surface area contributed by atoms with E-state index in [1.165, 1.54) is 24.3 Å². The number of phenolic OH excluding ortho intramolecular Hbond substituents is 1. The number of para-hydroxylation sites is 3. The first-order chi connectivity index (χ1) is 37.9. The Bertz CT molecular complexity index is 3290. The predicted octanol–water partition coefficient (Wildman–Crippen LogP) is 2.09. The van der Waals surface area contributed by atoms with E-state index in [9.17, 15) is 48.6 Å². The Morgan fingerprint density at radius 1 is 0.506 bits per heavy atom. The molecule has 4 aromatic carbocycles. The van der Waals surface area contributed by atoms with Gasteiger partial charge >= 0.3 is 5.97 Å². The summed E-state index contributed by atoms with van der Waals surface area (Å²) in [6.07, 6.45) is 5.26. The van der Waals surface area contributed by atoms with Gasteiger partial charge in [-0.2, -0.15) is 0 Å². The molecule has 79 heavy (non-hydrogen) atoms. The third-order valence-corrected chi connectivity index (χ3v) is 13.8. The number of aromatic hydroxyl groups is 1. The molecular weight excluding hydrogens is 1010 g/mol. The van der Waals surface area contributed by atoms with Crippen molar-refractivity contribution in [2.24, 2.45) is 23.1 Å². The van der Waals surface area contributed by atoms with Crippen LogP contribution in [0.3, 0.4) is 0 Å². The quantitative estimate of drug-likeness (QED) is 0.0314. The van der Waals surface area contributed by atoms with Gasteiger partial charge in [0.1, 0.15) is 42.0 Å². The summed E-state index contributed by atoms with van der Waals surface area (Å²) in [7, 11) is 0. The highest BCUT2D eigenvalue weighted by atomic mass is 16.4. The minimum Gasteiger partial charge on any atom is -0.508 e. The zero-order valence-corrected chi connectivity index (χ0v) is 43.8. The van der Waals surface area contributed by atoms with E-state index in [-0.39, 0.29) is 37.9 Å². The molecule has 3 aromatic heterocycles. The Morgan fingerprint density at radius 3 is 1.32 bits per heavy atom. The van der Waals surface area contributed by atoms with Crippen LogP contribution in [0.15, 0.2) is 116 Å². The standard InChI is InChI=1S/C57H68N12O10/c1-31(2)50(69-56(78)48(26-35-30-63-43-16-8-5-13-39(35)43)67-53(75)45(23-32-18-20-36(70)21-19-32)65-52(74)40(59)27-49(71)72)57(79)68-47(25-34-29-62-42-15-7-4-12-38(34)42)55(77)66-46(24-33-28-61-41-14-6-3-11-37(33)41)54(76)64-44(51(60)73)17-9-10-22-58/h3-8,11-16,18-21,28-31,40,44-48,50,61-63,70H,9-10,17,22-27,58-59H2,1-2H3,(H2,60,73)(H,64,76)(H,65,74)(H,66,77)(H,67,75)(H,68,79)(H,69,78)(H,71,72)/t40-,44-,45-,46-,47+,48-,50-/m0/s1. The van der Waals surface area contributed by atoms with Crippen molar-refractivity contribution in [1.82, 2.24) is 46.9 Å². The number of benzene rings is 4. The summed E-state index contributed by atoms with van der Waals surface area (Å²) in [6.45, 7) is 3.73. The number of nitrogens with one attached hydrogen (secondary N) is 9. The van der Waals surface area contributed by atoms with Crippen molar-refractivity contribution < 1.29 is 48.6 Å². The number of carbonyl (C=O) groups is 8. The number of hydrogen-bond donors (Lipinski definition) is 14. The second-order valence-corrected chi connectivity index (χ2v) is 20.0. The summed E-state index contributed by atoms with van der Waals surface area (Å²) >= 11 is 0. The number of amides is 7. The molecule has 0 saturated carbocycles. The zero-order valence-electron chi connectivity index (χ0n) is 43.8. The molecule has 0 unspecified atom stereocenters. The summed E-state index contributed by atoms with van der Waals surface area (Å²) in [5.74, 6) is -7.65. The average Bonchev–Trinajstić information content (AvgIpc) is 4.18. The maximum Gasteiger partial charge on any atom is 0.305 e. The highest BCUT2D eigenvalue weighted by molar-refractivity contribution is 5.99. The van der Waals surface area contributed by atoms with Crippen molar-refractivity contribution in [3.05, 3.63) is 138 Å². The predicted molar refractivity (Wildman–Crippen MR) is 297 cm³/mol. The number of fused-ring (bicyclic) bond motifs is 3. The van der Waals surface area contributed by atoms with Gasteiger partial charge in [-0.25, -0.2) is 0 Å². The minimum absolute atomic E-state index is 0.0353. The third-order valence-electron chi connectivity index (χ3n) is 13.8. The normalized spacial score (nSPS) is 14.1. The Morgan fingerprint density at radius 2 is 0.899 bits per heavy atom. The van der Waals surface area contributed by atoms with Crippen molar-refractivity contribution in [3.8, 4) is 5.75 Å². The number of phenols is 1. The maximum atomic E-state index is 14.9. The van der Waals surface area contributed by atoms with Gasteiger partial charge in [0.2, 0.25) is 41.4 Å². The first kappa shape index (κ1) is 57.7. The Kier molecular flexibility index (Phi) is 19.6. The van der Waals surface area contributed by atoms with E-state index < -0.39 is 102 Å². The second kappa shape index (κ2) is 26.8. The lowest BCUT2D eigenvalue weighted by atomic mass is 9.98. The Balaban J connectivity index is 1.19. The number of rotatable bonds is 28. The summed E-state index contributed by atoms with van der Waals surface area (Å²) in [5, 5.41) is 38.1. The summed E-state index contributed by atoms with van der Waals surface area (Å²) in [4.78, 5) is 120. The fraction of sp³-hybridized carbons (Fsp3) is 0.333. The van der Waals surface area contributed by atoms with Gasteiger partial charge in [-0.15, -0.1) is 0 Å². The van der Waals surface area contributed by atoms with Crippen LogP contribution >= 0.6 is 0 Å². The van der Waals surface area contributed by atoms with Crippen molar-refractivity contribution in [3.63, 3.8) is 0 Å². The number of hydrogen-bond acceptors (Lipinski definition) is 11. The highest BCUT2D eigenvalue weighted by Crippen LogP contribution is 2.23. The van der Waals surface area contributed by atoms with Crippen LogP contribution < -0.4 is 49.1 Å². The molecule has 0 spiro atoms. The van der Waals surface area contributed by atoms with E-state index in [0.717, 1.165) is 32.7 Å². The number of carboxylic acid groups (broad SMARTS) is 1. The van der Waals surface area contributed by atoms with E-state index >= 15 is 0 Å². The topological polar surface area (TPSA) is 375 Å². The number of carboxylic acids is 1. The molecule has 7 aromatic rings. The van der Waals surface area contributed by atoms with Gasteiger partial charge in [0.15, 0.2) is 0 Å². The first-order valence-corrected chi connectivity index (χ1v) is 26.1. The molecule has 7 amide bonds. The lowest BCUT2D eigenvalue weighted by molar-refractivity contribution is -0.140. The van der Waals surface area contributed by atoms with E-state index in [4.69, 9.17) is 17.2 Å². The van der Waals surface area contributed by atoms with Crippen LogP contribution in [0.25, 0.3) is 32.7 Å². The van der Waals surface area contributed by atoms with Gasteiger partial charge in [0.05, 0.1) is 12.5 Å². The summed E-state index contributed by atoms with van der Waals surface area (Å²) in [5.41, 5.74) is 22.1. The van der Waals surface area contributed by atoms with Crippen molar-refractivity contribution in [2.45, 2.75) is 108 Å². The number of aliphatic carboxylic acids is 1. The summed E-state index contributed by atoms with van der Waals surface area (Å²) in [6, 6.07) is 18.4. The molecule has 3 heterocycles. The third kappa shape index (κ3) is 15.4. The van der Waals surface area contributed by atoms with E-state index in [1.807, 2.05) is 66.7 Å². The van der Waals surface area contributed by atoms with E-state index in [2.05, 4.69) is 46.9 Å². The van der Waals surface area contributed by atoms with E-state index in [1.54, 1.807) is 38.5 Å². The molecule has 7 rings (SSSR count). The van der Waals surface area contributed by atoms with Gasteiger partial charge in [0.25, 0.3) is 0 Å². The molecular formula is C57H68N12O10. The van der Waals surface area contributed by atoms with Crippen LogP contribution in [-0.2, 0) is 64.0 Å². The van der Waals surface area contributed by atoms with Crippen LogP contribution in [0.2, 0.25) is 0 Å². The molecule has 416 valence electrons. The molecule has 7 atom stereocenters. The van der Waals surface area contributed by atoms with Crippen molar-refractivity contribution in [1.29, 1.82) is 0 Å². The number of H-pyrrole nitrogens is 3. The monoisotopic (exact) mass is 1080 g/mol. The van der Waals surface area contributed by atoms with E-state index in [0.29, 0.717) is 41.6 Å². The van der Waals surface area contributed by atoms with Crippen LogP contribution in [0.5, 0.6) is 5.75 Å². The second-order valence-electron chi connectivity index (χ2n) is 20.0. The molecule has 17 N–H and O–H groups in total. The molecule has 0 radical (unpaired) electrons. The number of aromatic amines is 3. The maximum absolute atomic E-state index is 14.9. The minimum atomic E-state index is -1.53. The number of carbonyl (C=O) groups excluding carboxylic acids is 7. The van der Waals surface area contributed by atoms with Gasteiger partial charge in [0, 0.05) is 77.0 Å². The molecule has 0 saturated heterocycles. The van der Waals surface area contributed by atoms with Crippen molar-refractivity contribution in [2.75, 3.05) is 6.54 Å².